The number of hydrogen-bond acceptors (Lipinski definition) is 4. The molecule has 1 heterocycles. The van der Waals surface area contributed by atoms with Gasteiger partial charge in [-0.2, -0.15) is 0 Å². The molecule has 1 aromatic heterocycles. The molecule has 5 rings (SSSR count). The molecule has 0 aromatic carbocycles. The Morgan fingerprint density at radius 2 is 1.76 bits per heavy atom. The summed E-state index contributed by atoms with van der Waals surface area (Å²) in [6.07, 6.45) is 17.7. The summed E-state index contributed by atoms with van der Waals surface area (Å²) in [4.78, 5) is 16.6. The first-order chi connectivity index (χ1) is 17.6. The smallest absolute Gasteiger partial charge is 0.264 e. The molecule has 5 nitrogen and oxygen atoms in total. The van der Waals surface area contributed by atoms with Crippen molar-refractivity contribution in [2.45, 2.75) is 110 Å². The van der Waals surface area contributed by atoms with Crippen molar-refractivity contribution in [2.75, 3.05) is 0 Å². The van der Waals surface area contributed by atoms with E-state index >= 15 is 0 Å². The van der Waals surface area contributed by atoms with E-state index in [4.69, 9.17) is 0 Å². The molecule has 3 unspecified atom stereocenters. The van der Waals surface area contributed by atoms with Crippen LogP contribution in [0.2, 0.25) is 0 Å². The van der Waals surface area contributed by atoms with Gasteiger partial charge in [0, 0.05) is 18.8 Å². The Kier molecular flexibility index (Phi) is 7.54. The Hall–Kier alpha value is -1.43. The molecule has 4 saturated carbocycles. The molecule has 1 amide bonds. The average Bonchev–Trinajstić information content (AvgIpc) is 3.24. The number of amides is 1. The minimum Gasteiger partial charge on any atom is -0.274 e. The van der Waals surface area contributed by atoms with Crippen molar-refractivity contribution in [1.29, 1.82) is 0 Å². The molecular formula is C31H48N2O3S. The van der Waals surface area contributed by atoms with Gasteiger partial charge in [-0.1, -0.05) is 47.0 Å². The lowest BCUT2D eigenvalue weighted by molar-refractivity contribution is -0.138. The first kappa shape index (κ1) is 27.1. The number of carbonyl (C=O) groups is 1. The number of hydrogen-bond donors (Lipinski definition) is 1. The third-order valence-electron chi connectivity index (χ3n) is 12.1. The number of sulfonamides is 1. The Morgan fingerprint density at radius 1 is 1.03 bits per heavy atom. The van der Waals surface area contributed by atoms with Gasteiger partial charge in [-0.05, 0) is 116 Å². The van der Waals surface area contributed by atoms with Crippen LogP contribution in [0.5, 0.6) is 0 Å². The summed E-state index contributed by atoms with van der Waals surface area (Å²) >= 11 is 0. The highest BCUT2D eigenvalue weighted by atomic mass is 32.2. The quantitative estimate of drug-likeness (QED) is 0.414. The summed E-state index contributed by atoms with van der Waals surface area (Å²) in [5.41, 5.74) is 0.904. The van der Waals surface area contributed by atoms with Crippen molar-refractivity contribution >= 4 is 15.9 Å². The number of nitrogens with zero attached hydrogens (tertiary/aromatic N) is 1. The largest absolute Gasteiger partial charge is 0.274 e. The fourth-order valence-electron chi connectivity index (χ4n) is 10.3. The summed E-state index contributed by atoms with van der Waals surface area (Å²) in [5.74, 6) is 5.07. The van der Waals surface area contributed by atoms with Crippen LogP contribution >= 0.6 is 0 Å². The summed E-state index contributed by atoms with van der Waals surface area (Å²) in [6.45, 7) is 9.99. The van der Waals surface area contributed by atoms with Crippen LogP contribution < -0.4 is 4.72 Å². The van der Waals surface area contributed by atoms with Crippen LogP contribution in [-0.2, 0) is 14.8 Å². The van der Waals surface area contributed by atoms with E-state index < -0.39 is 15.9 Å². The molecule has 0 bridgehead atoms. The van der Waals surface area contributed by atoms with E-state index in [9.17, 15) is 13.2 Å². The number of fused-ring (bicyclic) bond motifs is 5. The Morgan fingerprint density at radius 3 is 2.49 bits per heavy atom. The second-order valence-electron chi connectivity index (χ2n) is 13.6. The van der Waals surface area contributed by atoms with Crippen molar-refractivity contribution in [1.82, 2.24) is 9.71 Å². The number of pyridine rings is 1. The predicted molar refractivity (Wildman–Crippen MR) is 147 cm³/mol. The van der Waals surface area contributed by atoms with Crippen molar-refractivity contribution in [3.05, 3.63) is 24.5 Å². The van der Waals surface area contributed by atoms with Crippen LogP contribution in [0.15, 0.2) is 29.4 Å². The second-order valence-corrected chi connectivity index (χ2v) is 15.3. The maximum absolute atomic E-state index is 12.6. The molecular weight excluding hydrogens is 480 g/mol. The minimum absolute atomic E-state index is 0.0820. The molecule has 37 heavy (non-hydrogen) atoms. The van der Waals surface area contributed by atoms with Gasteiger partial charge in [0.25, 0.3) is 10.0 Å². The molecule has 0 spiro atoms. The summed E-state index contributed by atoms with van der Waals surface area (Å²) < 4.78 is 27.3. The molecule has 0 radical (unpaired) electrons. The number of nitrogens with one attached hydrogen (secondary N) is 1. The monoisotopic (exact) mass is 528 g/mol. The van der Waals surface area contributed by atoms with Crippen LogP contribution in [-0.4, -0.2) is 19.3 Å². The van der Waals surface area contributed by atoms with Gasteiger partial charge in [-0.15, -0.1) is 0 Å². The minimum atomic E-state index is -3.83. The number of rotatable bonds is 7. The van der Waals surface area contributed by atoms with Crippen molar-refractivity contribution in [2.24, 2.45) is 52.3 Å². The zero-order valence-electron chi connectivity index (χ0n) is 23.4. The zero-order valence-corrected chi connectivity index (χ0v) is 24.2. The summed E-state index contributed by atoms with van der Waals surface area (Å²) in [7, 11) is -3.83. The third kappa shape index (κ3) is 4.78. The molecule has 4 aliphatic carbocycles. The molecule has 4 aliphatic rings. The number of aromatic nitrogens is 1. The van der Waals surface area contributed by atoms with E-state index in [0.29, 0.717) is 22.7 Å². The highest BCUT2D eigenvalue weighted by Gasteiger charge is 2.61. The van der Waals surface area contributed by atoms with E-state index in [1.165, 1.54) is 88.7 Å². The Bertz CT molecular complexity index is 1080. The van der Waals surface area contributed by atoms with E-state index in [-0.39, 0.29) is 11.3 Å². The van der Waals surface area contributed by atoms with Gasteiger partial charge in [0.05, 0.1) is 4.90 Å². The summed E-state index contributed by atoms with van der Waals surface area (Å²) in [5, 5.41) is 0. The van der Waals surface area contributed by atoms with Gasteiger partial charge in [0.1, 0.15) is 0 Å². The normalized spacial score (nSPS) is 40.2. The second kappa shape index (κ2) is 10.3. The first-order valence-corrected chi connectivity index (χ1v) is 16.5. The lowest BCUT2D eigenvalue weighted by atomic mass is 9.42. The highest BCUT2D eigenvalue weighted by Crippen LogP contribution is 2.69. The van der Waals surface area contributed by atoms with Crippen molar-refractivity contribution < 1.29 is 13.2 Å². The van der Waals surface area contributed by atoms with Gasteiger partial charge in [0.2, 0.25) is 5.91 Å². The molecule has 9 atom stereocenters. The molecule has 0 aliphatic heterocycles. The van der Waals surface area contributed by atoms with E-state index in [1.54, 1.807) is 0 Å². The number of carbonyl (C=O) groups excluding carboxylic acids is 1. The van der Waals surface area contributed by atoms with E-state index in [0.717, 1.165) is 36.0 Å². The average molecular weight is 529 g/mol. The Labute approximate surface area is 225 Å². The van der Waals surface area contributed by atoms with Crippen LogP contribution in [0.3, 0.4) is 0 Å². The van der Waals surface area contributed by atoms with E-state index in [2.05, 4.69) is 37.4 Å². The third-order valence-corrected chi connectivity index (χ3v) is 13.5. The maximum Gasteiger partial charge on any atom is 0.264 e. The van der Waals surface area contributed by atoms with Crippen LogP contribution in [0.1, 0.15) is 105 Å². The van der Waals surface area contributed by atoms with Crippen molar-refractivity contribution in [3.63, 3.8) is 0 Å². The molecule has 0 saturated heterocycles. The predicted octanol–water partition coefficient (Wildman–Crippen LogP) is 6.99. The van der Waals surface area contributed by atoms with Crippen molar-refractivity contribution in [3.8, 4) is 0 Å². The first-order valence-electron chi connectivity index (χ1n) is 15.1. The SMILES string of the molecule is CC[C@H]1CC2C3CC[C@H]([C@H](C)CCC(=O)NS(=O)(=O)c4ccncc4)[C@@]3(C)CCC2[C@@]2(C)CCCC[C@@H]12. The molecule has 206 valence electrons. The fourth-order valence-corrected chi connectivity index (χ4v) is 11.3. The van der Waals surface area contributed by atoms with Crippen LogP contribution in [0, 0.1) is 52.3 Å². The van der Waals surface area contributed by atoms with Gasteiger partial charge < -0.3 is 0 Å². The zero-order chi connectivity index (χ0) is 26.4. The highest BCUT2D eigenvalue weighted by molar-refractivity contribution is 7.90. The Balaban J connectivity index is 1.24. The van der Waals surface area contributed by atoms with Crippen LogP contribution in [0.4, 0.5) is 0 Å². The van der Waals surface area contributed by atoms with Crippen LogP contribution in [0.25, 0.3) is 0 Å². The standard InChI is InChI=1S/C31H48N2O3S/c1-5-22-20-24-27-11-10-25(31(27,4)17-13-28(24)30(3)16-7-6-8-26(22)30)21(2)9-12-29(34)33-37(35,36)23-14-18-32-19-15-23/h14-15,18-19,21-22,24-28H,5-13,16-17,20H2,1-4H3,(H,33,34)/t21-,22+,24?,25-,26+,27?,28?,30+,31-/m1/s1. The molecule has 1 aromatic rings. The summed E-state index contributed by atoms with van der Waals surface area (Å²) in [6, 6.07) is 2.83. The van der Waals surface area contributed by atoms with Gasteiger partial charge >= 0.3 is 0 Å². The fraction of sp³-hybridized carbons (Fsp3) is 0.806. The topological polar surface area (TPSA) is 76.1 Å². The lowest BCUT2D eigenvalue weighted by Crippen LogP contribution is -2.55. The molecule has 1 N–H and O–H groups in total. The van der Waals surface area contributed by atoms with Gasteiger partial charge in [-0.3, -0.25) is 9.78 Å². The van der Waals surface area contributed by atoms with Gasteiger partial charge in [0.15, 0.2) is 0 Å². The molecule has 6 heteroatoms. The lowest BCUT2D eigenvalue weighted by Gasteiger charge is -2.63. The molecule has 4 fully saturated rings. The maximum atomic E-state index is 12.6. The van der Waals surface area contributed by atoms with Gasteiger partial charge in [-0.25, -0.2) is 13.1 Å². The van der Waals surface area contributed by atoms with E-state index in [1.807, 2.05) is 0 Å².